The number of nitrogens with zero attached hydrogens (tertiary/aromatic N) is 1. The smallest absolute Gasteiger partial charge is 0.226 e. The van der Waals surface area contributed by atoms with E-state index < -0.39 is 0 Å². The van der Waals surface area contributed by atoms with Gasteiger partial charge in [-0.1, -0.05) is 40.5 Å². The van der Waals surface area contributed by atoms with Crippen LogP contribution in [-0.2, 0) is 6.54 Å². The second-order valence-corrected chi connectivity index (χ2v) is 9.67. The van der Waals surface area contributed by atoms with E-state index in [-0.39, 0.29) is 0 Å². The summed E-state index contributed by atoms with van der Waals surface area (Å²) in [6, 6.07) is 8.65. The topological polar surface area (TPSA) is 47.3 Å². The third kappa shape index (κ3) is 4.23. The highest BCUT2D eigenvalue weighted by Gasteiger charge is 2.55. The van der Waals surface area contributed by atoms with E-state index in [0.717, 1.165) is 54.3 Å². The van der Waals surface area contributed by atoms with Crippen LogP contribution in [0, 0.1) is 23.2 Å². The van der Waals surface area contributed by atoms with E-state index in [4.69, 9.17) is 14.1 Å². The van der Waals surface area contributed by atoms with Crippen LogP contribution in [0.15, 0.2) is 34.9 Å². The van der Waals surface area contributed by atoms with Crippen molar-refractivity contribution in [1.82, 2.24) is 10.3 Å². The number of fused-ring (bicyclic) bond motifs is 2. The number of rotatable bonds is 9. The predicted octanol–water partition coefficient (Wildman–Crippen LogP) is 6.07. The summed E-state index contributed by atoms with van der Waals surface area (Å²) in [5.41, 5.74) is 2.50. The van der Waals surface area contributed by atoms with Gasteiger partial charge < -0.3 is 14.5 Å². The maximum Gasteiger partial charge on any atom is 0.226 e. The molecule has 1 heterocycles. The fourth-order valence-electron chi connectivity index (χ4n) is 5.41. The minimum atomic E-state index is 0.532. The van der Waals surface area contributed by atoms with Crippen molar-refractivity contribution >= 4 is 0 Å². The molecule has 0 spiro atoms. The summed E-state index contributed by atoms with van der Waals surface area (Å²) in [4.78, 5) is 4.69. The lowest BCUT2D eigenvalue weighted by molar-refractivity contribution is -0.115. The first-order valence-corrected chi connectivity index (χ1v) is 11.4. The maximum absolute atomic E-state index is 5.79. The lowest BCUT2D eigenvalue weighted by atomic mass is 9.45. The van der Waals surface area contributed by atoms with Gasteiger partial charge in [-0.3, -0.25) is 0 Å². The first kappa shape index (κ1) is 20.5. The minimum Gasteiger partial charge on any atom is -0.494 e. The Morgan fingerprint density at radius 2 is 1.97 bits per heavy atom. The number of nitrogens with one attached hydrogen (secondary N) is 1. The molecule has 1 N–H and O–H groups in total. The fourth-order valence-corrected chi connectivity index (χ4v) is 5.41. The molecule has 3 fully saturated rings. The molecule has 0 unspecified atom stereocenters. The van der Waals surface area contributed by atoms with Crippen molar-refractivity contribution in [2.75, 3.05) is 6.61 Å². The molecular weight excluding hydrogens is 360 g/mol. The standard InChI is InChI=1S/C25H36N2O2/c1-5-6-7-12-28-21-10-8-18(9-11-21)24-27-20(16-29-24)15-26-23-14-19-13-22(17(23)2)25(19,3)4/h8-11,16-17,19,22-23,26H,5-7,12-15H2,1-4H3/t17-,19+,22-,23-/m1/s1. The lowest BCUT2D eigenvalue weighted by Crippen LogP contribution is -2.59. The molecule has 4 atom stereocenters. The third-order valence-electron chi connectivity index (χ3n) is 7.57. The molecule has 4 heteroatoms. The summed E-state index contributed by atoms with van der Waals surface area (Å²) in [5, 5.41) is 3.75. The van der Waals surface area contributed by atoms with Gasteiger partial charge in [-0.05, 0) is 66.7 Å². The van der Waals surface area contributed by atoms with Crippen LogP contribution in [0.25, 0.3) is 11.5 Å². The molecule has 0 saturated heterocycles. The molecule has 158 valence electrons. The molecule has 0 aliphatic heterocycles. The van der Waals surface area contributed by atoms with Crippen LogP contribution in [0.5, 0.6) is 5.75 Å². The van der Waals surface area contributed by atoms with Crippen LogP contribution in [0.3, 0.4) is 0 Å². The van der Waals surface area contributed by atoms with Crippen molar-refractivity contribution in [3.63, 3.8) is 0 Å². The van der Waals surface area contributed by atoms with Gasteiger partial charge in [0.25, 0.3) is 0 Å². The lowest BCUT2D eigenvalue weighted by Gasteiger charge is -2.62. The van der Waals surface area contributed by atoms with Gasteiger partial charge in [0, 0.05) is 18.2 Å². The van der Waals surface area contributed by atoms with Crippen LogP contribution in [0.2, 0.25) is 0 Å². The molecule has 2 bridgehead atoms. The van der Waals surface area contributed by atoms with Gasteiger partial charge in [0.1, 0.15) is 12.0 Å². The molecule has 1 aromatic carbocycles. The molecule has 3 aliphatic rings. The first-order chi connectivity index (χ1) is 14.0. The van der Waals surface area contributed by atoms with Crippen molar-refractivity contribution in [2.45, 2.75) is 72.4 Å². The van der Waals surface area contributed by atoms with Crippen LogP contribution in [-0.4, -0.2) is 17.6 Å². The predicted molar refractivity (Wildman–Crippen MR) is 117 cm³/mol. The molecule has 1 aromatic heterocycles. The van der Waals surface area contributed by atoms with Gasteiger partial charge in [-0.2, -0.15) is 0 Å². The number of hydrogen-bond acceptors (Lipinski definition) is 4. The normalized spacial score (nSPS) is 27.4. The second-order valence-electron chi connectivity index (χ2n) is 9.67. The average Bonchev–Trinajstić information content (AvgIpc) is 3.19. The minimum absolute atomic E-state index is 0.532. The molecule has 0 amide bonds. The summed E-state index contributed by atoms with van der Waals surface area (Å²) in [6.45, 7) is 11.1. The van der Waals surface area contributed by atoms with Crippen LogP contribution in [0.4, 0.5) is 0 Å². The number of unbranched alkanes of at least 4 members (excludes halogenated alkanes) is 2. The Hall–Kier alpha value is -1.81. The number of benzene rings is 1. The maximum atomic E-state index is 5.79. The monoisotopic (exact) mass is 396 g/mol. The molecule has 29 heavy (non-hydrogen) atoms. The van der Waals surface area contributed by atoms with Crippen LogP contribution in [0.1, 0.15) is 65.5 Å². The molecule has 2 aromatic rings. The van der Waals surface area contributed by atoms with E-state index in [1.165, 1.54) is 25.7 Å². The summed E-state index contributed by atoms with van der Waals surface area (Å²) in [5.74, 6) is 4.04. The van der Waals surface area contributed by atoms with E-state index in [0.29, 0.717) is 17.3 Å². The third-order valence-corrected chi connectivity index (χ3v) is 7.57. The van der Waals surface area contributed by atoms with Gasteiger partial charge in [-0.25, -0.2) is 4.98 Å². The highest BCUT2D eigenvalue weighted by molar-refractivity contribution is 5.54. The average molecular weight is 397 g/mol. The largest absolute Gasteiger partial charge is 0.494 e. The quantitative estimate of drug-likeness (QED) is 0.523. The Kier molecular flexibility index (Phi) is 6.00. The Balaban J connectivity index is 1.29. The number of hydrogen-bond donors (Lipinski definition) is 1. The van der Waals surface area contributed by atoms with E-state index in [1.54, 1.807) is 6.26 Å². The second kappa shape index (κ2) is 8.51. The summed E-state index contributed by atoms with van der Waals surface area (Å²) < 4.78 is 11.5. The van der Waals surface area contributed by atoms with Crippen LogP contribution >= 0.6 is 0 Å². The van der Waals surface area contributed by atoms with Crippen LogP contribution < -0.4 is 10.1 Å². The van der Waals surface area contributed by atoms with Gasteiger partial charge >= 0.3 is 0 Å². The Morgan fingerprint density at radius 3 is 2.66 bits per heavy atom. The SMILES string of the molecule is CCCCCOc1ccc(-c2nc(CN[C@@H]3C[C@@H]4C[C@H]([C@H]3C)C4(C)C)co2)cc1. The van der Waals surface area contributed by atoms with Crippen molar-refractivity contribution in [1.29, 1.82) is 0 Å². The first-order valence-electron chi connectivity index (χ1n) is 11.4. The summed E-state index contributed by atoms with van der Waals surface area (Å²) in [6.07, 6.45) is 8.02. The fraction of sp³-hybridized carbons (Fsp3) is 0.640. The Labute approximate surface area is 175 Å². The zero-order chi connectivity index (χ0) is 20.4. The summed E-state index contributed by atoms with van der Waals surface area (Å²) in [7, 11) is 0. The number of aromatic nitrogens is 1. The Morgan fingerprint density at radius 1 is 1.17 bits per heavy atom. The number of oxazole rings is 1. The number of ether oxygens (including phenoxy) is 1. The highest BCUT2D eigenvalue weighted by atomic mass is 16.5. The van der Waals surface area contributed by atoms with Gasteiger partial charge in [0.05, 0.1) is 12.3 Å². The van der Waals surface area contributed by atoms with Crippen molar-refractivity contribution in [2.24, 2.45) is 23.2 Å². The molecule has 4 nitrogen and oxygen atoms in total. The van der Waals surface area contributed by atoms with Crippen molar-refractivity contribution in [3.05, 3.63) is 36.2 Å². The highest BCUT2D eigenvalue weighted by Crippen LogP contribution is 2.61. The van der Waals surface area contributed by atoms with Gasteiger partial charge in [0.2, 0.25) is 5.89 Å². The molecule has 0 radical (unpaired) electrons. The Bertz CT molecular complexity index is 795. The van der Waals surface area contributed by atoms with E-state index in [1.807, 2.05) is 24.3 Å². The zero-order valence-electron chi connectivity index (χ0n) is 18.4. The zero-order valence-corrected chi connectivity index (χ0v) is 18.4. The molecule has 5 rings (SSSR count). The molecule has 3 saturated carbocycles. The van der Waals surface area contributed by atoms with Gasteiger partial charge in [0.15, 0.2) is 0 Å². The molecule has 3 aliphatic carbocycles. The van der Waals surface area contributed by atoms with E-state index >= 15 is 0 Å². The molecular formula is C25H36N2O2. The van der Waals surface area contributed by atoms with Crippen molar-refractivity contribution in [3.8, 4) is 17.2 Å². The summed E-state index contributed by atoms with van der Waals surface area (Å²) >= 11 is 0. The van der Waals surface area contributed by atoms with Gasteiger partial charge in [-0.15, -0.1) is 0 Å². The van der Waals surface area contributed by atoms with E-state index in [2.05, 4.69) is 33.0 Å². The van der Waals surface area contributed by atoms with E-state index in [9.17, 15) is 0 Å². The van der Waals surface area contributed by atoms with Crippen molar-refractivity contribution < 1.29 is 9.15 Å².